The monoisotopic (exact) mass is 489 g/mol. The smallest absolute Gasteiger partial charge is 0.242 e. The topological polar surface area (TPSA) is 104 Å². The first kappa shape index (κ1) is 25.8. The van der Waals surface area contributed by atoms with Crippen LogP contribution in [0.4, 0.5) is 4.39 Å². The van der Waals surface area contributed by atoms with Gasteiger partial charge in [0, 0.05) is 19.0 Å². The number of carbonyl (C=O) groups is 2. The van der Waals surface area contributed by atoms with E-state index in [2.05, 4.69) is 15.4 Å². The molecule has 9 heteroatoms. The zero-order valence-corrected chi connectivity index (χ0v) is 20.1. The van der Waals surface area contributed by atoms with Crippen molar-refractivity contribution in [3.8, 4) is 0 Å². The molecule has 0 aliphatic heterocycles. The molecule has 2 aromatic rings. The van der Waals surface area contributed by atoms with E-state index in [4.69, 9.17) is 0 Å². The Morgan fingerprint density at radius 2 is 1.65 bits per heavy atom. The van der Waals surface area contributed by atoms with E-state index < -0.39 is 21.9 Å². The highest BCUT2D eigenvalue weighted by Gasteiger charge is 2.29. The van der Waals surface area contributed by atoms with Crippen molar-refractivity contribution in [2.45, 2.75) is 50.0 Å². The SMILES string of the molecule is CC(NC(=O)C1CCC(CNS(=O)(=O)c2ccc(F)cc2)CC1)C(=O)NCCc1ccccc1. The lowest BCUT2D eigenvalue weighted by Crippen LogP contribution is -2.47. The fourth-order valence-electron chi connectivity index (χ4n) is 4.08. The predicted octanol–water partition coefficient (Wildman–Crippen LogP) is 2.77. The molecule has 2 aromatic carbocycles. The first-order chi connectivity index (χ1) is 16.2. The molecule has 3 N–H and O–H groups in total. The van der Waals surface area contributed by atoms with Crippen LogP contribution in [0.25, 0.3) is 0 Å². The first-order valence-corrected chi connectivity index (χ1v) is 13.1. The van der Waals surface area contributed by atoms with Gasteiger partial charge in [-0.15, -0.1) is 0 Å². The summed E-state index contributed by atoms with van der Waals surface area (Å²) in [5.74, 6) is -0.916. The van der Waals surface area contributed by atoms with E-state index in [0.717, 1.165) is 24.1 Å². The third kappa shape index (κ3) is 7.63. The second-order valence-corrected chi connectivity index (χ2v) is 10.5. The van der Waals surface area contributed by atoms with E-state index in [1.807, 2.05) is 30.3 Å². The van der Waals surface area contributed by atoms with Gasteiger partial charge in [-0.25, -0.2) is 17.5 Å². The van der Waals surface area contributed by atoms with Crippen LogP contribution in [0.15, 0.2) is 59.5 Å². The number of hydrogen-bond donors (Lipinski definition) is 3. The summed E-state index contributed by atoms with van der Waals surface area (Å²) in [7, 11) is -3.70. The van der Waals surface area contributed by atoms with Crippen molar-refractivity contribution in [2.75, 3.05) is 13.1 Å². The second-order valence-electron chi connectivity index (χ2n) is 8.78. The maximum Gasteiger partial charge on any atom is 0.242 e. The lowest BCUT2D eigenvalue weighted by atomic mass is 9.81. The minimum Gasteiger partial charge on any atom is -0.354 e. The summed E-state index contributed by atoms with van der Waals surface area (Å²) in [6.45, 7) is 2.45. The fraction of sp³-hybridized carbons (Fsp3) is 0.440. The Morgan fingerprint density at radius 3 is 2.29 bits per heavy atom. The van der Waals surface area contributed by atoms with Gasteiger partial charge in [-0.2, -0.15) is 0 Å². The zero-order chi connectivity index (χ0) is 24.6. The largest absolute Gasteiger partial charge is 0.354 e. The summed E-state index contributed by atoms with van der Waals surface area (Å²) in [5.41, 5.74) is 1.14. The van der Waals surface area contributed by atoms with Gasteiger partial charge in [0.25, 0.3) is 0 Å². The van der Waals surface area contributed by atoms with E-state index in [1.54, 1.807) is 6.92 Å². The van der Waals surface area contributed by atoms with Crippen LogP contribution >= 0.6 is 0 Å². The maximum atomic E-state index is 13.0. The van der Waals surface area contributed by atoms with Gasteiger partial charge < -0.3 is 10.6 Å². The van der Waals surface area contributed by atoms with Gasteiger partial charge in [0.05, 0.1) is 4.90 Å². The molecule has 0 radical (unpaired) electrons. The van der Waals surface area contributed by atoms with Gasteiger partial charge in [-0.1, -0.05) is 30.3 Å². The van der Waals surface area contributed by atoms with Crippen LogP contribution in [0.3, 0.4) is 0 Å². The van der Waals surface area contributed by atoms with Gasteiger partial charge in [0.1, 0.15) is 11.9 Å². The number of nitrogens with one attached hydrogen (secondary N) is 3. The third-order valence-electron chi connectivity index (χ3n) is 6.21. The van der Waals surface area contributed by atoms with E-state index in [-0.39, 0.29) is 35.1 Å². The minimum absolute atomic E-state index is 0.0259. The highest BCUT2D eigenvalue weighted by atomic mass is 32.2. The molecule has 1 atom stereocenters. The number of hydrogen-bond acceptors (Lipinski definition) is 4. The molecular weight excluding hydrogens is 457 g/mol. The molecule has 0 aromatic heterocycles. The molecule has 184 valence electrons. The molecule has 0 bridgehead atoms. The molecule has 0 heterocycles. The summed E-state index contributed by atoms with van der Waals surface area (Å²) < 4.78 is 40.3. The van der Waals surface area contributed by atoms with E-state index in [1.165, 1.54) is 12.1 Å². The molecule has 7 nitrogen and oxygen atoms in total. The van der Waals surface area contributed by atoms with Gasteiger partial charge in [-0.3, -0.25) is 9.59 Å². The molecule has 1 aliphatic carbocycles. The van der Waals surface area contributed by atoms with Gasteiger partial charge in [-0.05, 0) is 74.8 Å². The molecular formula is C25H32FN3O4S. The Kier molecular flexibility index (Phi) is 9.18. The van der Waals surface area contributed by atoms with Crippen molar-refractivity contribution in [2.24, 2.45) is 11.8 Å². The normalized spacial score (nSPS) is 19.2. The molecule has 1 fully saturated rings. The number of amides is 2. The zero-order valence-electron chi connectivity index (χ0n) is 19.3. The maximum absolute atomic E-state index is 13.0. The van der Waals surface area contributed by atoms with Crippen LogP contribution in [-0.4, -0.2) is 39.4 Å². The Morgan fingerprint density at radius 1 is 1.00 bits per heavy atom. The van der Waals surface area contributed by atoms with Crippen molar-refractivity contribution in [1.29, 1.82) is 0 Å². The number of sulfonamides is 1. The van der Waals surface area contributed by atoms with Crippen LogP contribution in [-0.2, 0) is 26.0 Å². The van der Waals surface area contributed by atoms with Crippen LogP contribution in [0.2, 0.25) is 0 Å². The van der Waals surface area contributed by atoms with Crippen LogP contribution in [0.1, 0.15) is 38.2 Å². The van der Waals surface area contributed by atoms with Crippen LogP contribution in [0, 0.1) is 17.7 Å². The van der Waals surface area contributed by atoms with Crippen molar-refractivity contribution in [3.05, 3.63) is 66.0 Å². The standard InChI is InChI=1S/C25H32FN3O4S/c1-18(24(30)27-16-15-19-5-3-2-4-6-19)29-25(31)21-9-7-20(8-10-21)17-28-34(32,33)23-13-11-22(26)12-14-23/h2-6,11-14,18,20-21,28H,7-10,15-17H2,1H3,(H,27,30)(H,29,31). The van der Waals surface area contributed by atoms with Crippen LogP contribution < -0.4 is 15.4 Å². The molecule has 3 rings (SSSR count). The van der Waals surface area contributed by atoms with E-state index in [0.29, 0.717) is 32.2 Å². The first-order valence-electron chi connectivity index (χ1n) is 11.6. The Bertz CT molecular complexity index is 1050. The van der Waals surface area contributed by atoms with Crippen molar-refractivity contribution in [1.82, 2.24) is 15.4 Å². The predicted molar refractivity (Wildman–Crippen MR) is 128 cm³/mol. The molecule has 1 saturated carbocycles. The lowest BCUT2D eigenvalue weighted by Gasteiger charge is -2.28. The summed E-state index contributed by atoms with van der Waals surface area (Å²) in [4.78, 5) is 24.9. The summed E-state index contributed by atoms with van der Waals surface area (Å²) in [5, 5.41) is 5.66. The van der Waals surface area contributed by atoms with Crippen LogP contribution in [0.5, 0.6) is 0 Å². The highest BCUT2D eigenvalue weighted by Crippen LogP contribution is 2.29. The lowest BCUT2D eigenvalue weighted by molar-refractivity contribution is -0.131. The quantitative estimate of drug-likeness (QED) is 0.477. The van der Waals surface area contributed by atoms with Crippen molar-refractivity contribution in [3.63, 3.8) is 0 Å². The molecule has 2 amide bonds. The average molecular weight is 490 g/mol. The third-order valence-corrected chi connectivity index (χ3v) is 7.65. The van der Waals surface area contributed by atoms with Gasteiger partial charge >= 0.3 is 0 Å². The van der Waals surface area contributed by atoms with Crippen molar-refractivity contribution < 1.29 is 22.4 Å². The highest BCUT2D eigenvalue weighted by molar-refractivity contribution is 7.89. The Hall–Kier alpha value is -2.78. The molecule has 1 unspecified atom stereocenters. The Labute approximate surface area is 200 Å². The average Bonchev–Trinajstić information content (AvgIpc) is 2.84. The number of carbonyl (C=O) groups excluding carboxylic acids is 2. The number of benzene rings is 2. The van der Waals surface area contributed by atoms with E-state index in [9.17, 15) is 22.4 Å². The summed E-state index contributed by atoms with van der Waals surface area (Å²) in [6, 6.07) is 13.9. The number of rotatable bonds is 10. The van der Waals surface area contributed by atoms with Gasteiger partial charge in [0.15, 0.2) is 0 Å². The Balaban J connectivity index is 1.36. The summed E-state index contributed by atoms with van der Waals surface area (Å²) >= 11 is 0. The molecule has 0 spiro atoms. The van der Waals surface area contributed by atoms with E-state index >= 15 is 0 Å². The number of halogens is 1. The molecule has 1 aliphatic rings. The minimum atomic E-state index is -3.70. The molecule has 34 heavy (non-hydrogen) atoms. The van der Waals surface area contributed by atoms with Gasteiger partial charge in [0.2, 0.25) is 21.8 Å². The second kappa shape index (κ2) is 12.1. The summed E-state index contributed by atoms with van der Waals surface area (Å²) in [6.07, 6.45) is 3.42. The fourth-order valence-corrected chi connectivity index (χ4v) is 5.19. The van der Waals surface area contributed by atoms with Crippen molar-refractivity contribution >= 4 is 21.8 Å². The molecule has 0 saturated heterocycles.